The van der Waals surface area contributed by atoms with Crippen molar-refractivity contribution in [2.24, 2.45) is 23.7 Å². The van der Waals surface area contributed by atoms with Gasteiger partial charge in [0.15, 0.2) is 0 Å². The van der Waals surface area contributed by atoms with E-state index in [9.17, 15) is 14.4 Å². The van der Waals surface area contributed by atoms with Gasteiger partial charge >= 0.3 is 12.1 Å². The Hall–Kier alpha value is -1.85. The molecular weight excluding hydrogens is 298 g/mol. The van der Waals surface area contributed by atoms with Crippen LogP contribution in [-0.4, -0.2) is 42.6 Å². The molecule has 2 amide bonds. The minimum atomic E-state index is -0.975. The largest absolute Gasteiger partial charge is 0.468 e. The molecule has 0 aromatic heterocycles. The number of imide groups is 1. The van der Waals surface area contributed by atoms with Gasteiger partial charge in [-0.25, -0.2) is 9.69 Å². The van der Waals surface area contributed by atoms with E-state index in [1.807, 2.05) is 13.8 Å². The Balaban J connectivity index is 2.31. The van der Waals surface area contributed by atoms with E-state index in [1.54, 1.807) is 6.08 Å². The summed E-state index contributed by atoms with van der Waals surface area (Å²) in [6.07, 6.45) is 3.70. The van der Waals surface area contributed by atoms with E-state index in [2.05, 4.69) is 6.58 Å². The highest BCUT2D eigenvalue weighted by atomic mass is 16.6. The number of rotatable bonds is 5. The first kappa shape index (κ1) is 17.5. The number of ether oxygens (including phenoxy) is 2. The van der Waals surface area contributed by atoms with Gasteiger partial charge in [-0.2, -0.15) is 0 Å². The van der Waals surface area contributed by atoms with Gasteiger partial charge in [-0.3, -0.25) is 9.59 Å². The van der Waals surface area contributed by atoms with Crippen LogP contribution in [0, 0.1) is 23.7 Å². The molecule has 1 aliphatic carbocycles. The molecule has 23 heavy (non-hydrogen) atoms. The van der Waals surface area contributed by atoms with Gasteiger partial charge in [0.1, 0.15) is 12.5 Å². The topological polar surface area (TPSA) is 72.9 Å². The van der Waals surface area contributed by atoms with Crippen molar-refractivity contribution >= 4 is 18.0 Å². The maximum atomic E-state index is 13.0. The molecule has 0 N–H and O–H groups in total. The molecule has 4 atom stereocenters. The maximum absolute atomic E-state index is 13.0. The van der Waals surface area contributed by atoms with E-state index >= 15 is 0 Å². The van der Waals surface area contributed by atoms with Crippen molar-refractivity contribution in [1.29, 1.82) is 0 Å². The predicted octanol–water partition coefficient (Wildman–Crippen LogP) is 2.38. The van der Waals surface area contributed by atoms with E-state index in [4.69, 9.17) is 9.47 Å². The molecule has 1 saturated heterocycles. The molecule has 0 unspecified atom stereocenters. The van der Waals surface area contributed by atoms with Gasteiger partial charge < -0.3 is 9.47 Å². The second kappa shape index (κ2) is 7.15. The Labute approximate surface area is 136 Å². The lowest BCUT2D eigenvalue weighted by Crippen LogP contribution is -2.49. The molecule has 0 radical (unpaired) electrons. The van der Waals surface area contributed by atoms with Gasteiger partial charge in [0.05, 0.1) is 13.2 Å². The van der Waals surface area contributed by atoms with Crippen LogP contribution in [0.3, 0.4) is 0 Å². The summed E-state index contributed by atoms with van der Waals surface area (Å²) in [6, 6.07) is -0.342. The average Bonchev–Trinajstić information content (AvgIpc) is 3.13. The zero-order valence-corrected chi connectivity index (χ0v) is 14.0. The molecule has 0 aromatic rings. The van der Waals surface area contributed by atoms with Crippen LogP contribution in [-0.2, 0) is 19.1 Å². The lowest BCUT2D eigenvalue weighted by molar-refractivity contribution is -0.156. The van der Waals surface area contributed by atoms with Gasteiger partial charge in [-0.05, 0) is 30.6 Å². The lowest BCUT2D eigenvalue weighted by Gasteiger charge is -2.30. The zero-order valence-electron chi connectivity index (χ0n) is 14.0. The summed E-state index contributed by atoms with van der Waals surface area (Å²) < 4.78 is 9.89. The first-order valence-electron chi connectivity index (χ1n) is 8.12. The van der Waals surface area contributed by atoms with E-state index in [0.717, 1.165) is 24.2 Å². The Kier molecular flexibility index (Phi) is 5.44. The van der Waals surface area contributed by atoms with Crippen molar-refractivity contribution in [2.45, 2.75) is 39.2 Å². The highest BCUT2D eigenvalue weighted by Crippen LogP contribution is 2.40. The van der Waals surface area contributed by atoms with Gasteiger partial charge in [0.2, 0.25) is 5.91 Å². The Bertz CT molecular complexity index is 501. The fourth-order valence-corrected chi connectivity index (χ4v) is 3.64. The standard InChI is InChI=1S/C17H25NO5/c1-5-11-7-6-8-12(11)14(16(20)22-4)15(19)18-13(10(2)3)9-23-17(18)21/h5,10-14H,1,6-9H2,2-4H3/t11-,12-,13-,14-/m1/s1. The van der Waals surface area contributed by atoms with Crippen LogP contribution in [0.25, 0.3) is 0 Å². The highest BCUT2D eigenvalue weighted by molar-refractivity contribution is 6.04. The fraction of sp³-hybridized carbons (Fsp3) is 0.706. The number of hydrogen-bond acceptors (Lipinski definition) is 5. The second-order valence-electron chi connectivity index (χ2n) is 6.59. The van der Waals surface area contributed by atoms with Gasteiger partial charge in [0, 0.05) is 0 Å². The average molecular weight is 323 g/mol. The van der Waals surface area contributed by atoms with Crippen molar-refractivity contribution in [2.75, 3.05) is 13.7 Å². The number of hydrogen-bond donors (Lipinski definition) is 0. The van der Waals surface area contributed by atoms with E-state index in [1.165, 1.54) is 7.11 Å². The first-order chi connectivity index (χ1) is 10.9. The van der Waals surface area contributed by atoms with Crippen LogP contribution < -0.4 is 0 Å². The summed E-state index contributed by atoms with van der Waals surface area (Å²) in [4.78, 5) is 38.4. The molecule has 2 aliphatic rings. The van der Waals surface area contributed by atoms with Crippen LogP contribution in [0.1, 0.15) is 33.1 Å². The first-order valence-corrected chi connectivity index (χ1v) is 8.12. The smallest absolute Gasteiger partial charge is 0.417 e. The van der Waals surface area contributed by atoms with Crippen LogP contribution in [0.5, 0.6) is 0 Å². The molecule has 6 nitrogen and oxygen atoms in total. The van der Waals surface area contributed by atoms with Gasteiger partial charge in [-0.15, -0.1) is 6.58 Å². The number of nitrogens with zero attached hydrogens (tertiary/aromatic N) is 1. The number of carbonyl (C=O) groups excluding carboxylic acids is 3. The van der Waals surface area contributed by atoms with Crippen LogP contribution in [0.2, 0.25) is 0 Å². The molecule has 0 bridgehead atoms. The minimum Gasteiger partial charge on any atom is -0.468 e. The molecule has 1 heterocycles. The molecule has 1 aliphatic heterocycles. The van der Waals surface area contributed by atoms with Gasteiger partial charge in [0.25, 0.3) is 0 Å². The van der Waals surface area contributed by atoms with Crippen LogP contribution in [0.15, 0.2) is 12.7 Å². The molecular formula is C17H25NO5. The number of carbonyl (C=O) groups is 3. The summed E-state index contributed by atoms with van der Waals surface area (Å²) in [6.45, 7) is 7.82. The molecule has 1 saturated carbocycles. The summed E-state index contributed by atoms with van der Waals surface area (Å²) in [7, 11) is 1.27. The number of allylic oxidation sites excluding steroid dienone is 1. The van der Waals surface area contributed by atoms with Crippen molar-refractivity contribution in [1.82, 2.24) is 4.90 Å². The maximum Gasteiger partial charge on any atom is 0.417 e. The fourth-order valence-electron chi connectivity index (χ4n) is 3.64. The van der Waals surface area contributed by atoms with Crippen LogP contribution >= 0.6 is 0 Å². The number of cyclic esters (lactones) is 1. The van der Waals surface area contributed by atoms with E-state index in [0.29, 0.717) is 0 Å². The monoisotopic (exact) mass is 323 g/mol. The molecule has 0 aromatic carbocycles. The normalized spacial score (nSPS) is 28.6. The van der Waals surface area contributed by atoms with E-state index in [-0.39, 0.29) is 30.4 Å². The molecule has 128 valence electrons. The quantitative estimate of drug-likeness (QED) is 0.441. The van der Waals surface area contributed by atoms with Crippen LogP contribution in [0.4, 0.5) is 4.79 Å². The Morgan fingerprint density at radius 2 is 2.09 bits per heavy atom. The summed E-state index contributed by atoms with van der Waals surface area (Å²) in [5, 5.41) is 0. The molecule has 6 heteroatoms. The molecule has 0 spiro atoms. The third-order valence-corrected chi connectivity index (χ3v) is 4.99. The SMILES string of the molecule is C=C[C@@H]1CCC[C@H]1[C@@H](C(=O)OC)C(=O)N1C(=O)OC[C@@H]1C(C)C. The Morgan fingerprint density at radius 3 is 2.65 bits per heavy atom. The van der Waals surface area contributed by atoms with Crippen molar-refractivity contribution < 1.29 is 23.9 Å². The highest BCUT2D eigenvalue weighted by Gasteiger charge is 2.49. The lowest BCUT2D eigenvalue weighted by atomic mass is 9.82. The second-order valence-corrected chi connectivity index (χ2v) is 6.59. The van der Waals surface area contributed by atoms with E-state index < -0.39 is 23.9 Å². The summed E-state index contributed by atoms with van der Waals surface area (Å²) in [5.74, 6) is -2.10. The minimum absolute atomic E-state index is 0.0578. The third-order valence-electron chi connectivity index (χ3n) is 4.99. The number of amides is 2. The van der Waals surface area contributed by atoms with Crippen molar-refractivity contribution in [3.63, 3.8) is 0 Å². The zero-order chi connectivity index (χ0) is 17.1. The van der Waals surface area contributed by atoms with Gasteiger partial charge in [-0.1, -0.05) is 26.3 Å². The molecule has 2 rings (SSSR count). The van der Waals surface area contributed by atoms with Crippen molar-refractivity contribution in [3.8, 4) is 0 Å². The predicted molar refractivity (Wildman–Crippen MR) is 83.4 cm³/mol. The van der Waals surface area contributed by atoms with Crippen molar-refractivity contribution in [3.05, 3.63) is 12.7 Å². The third kappa shape index (κ3) is 3.26. The summed E-state index contributed by atoms with van der Waals surface area (Å²) >= 11 is 0. The Morgan fingerprint density at radius 1 is 1.39 bits per heavy atom. The summed E-state index contributed by atoms with van der Waals surface area (Å²) in [5.41, 5.74) is 0. The molecule has 2 fully saturated rings. The number of esters is 1. The number of methoxy groups -OCH3 is 1.